The first-order chi connectivity index (χ1) is 27.3. The lowest BCUT2D eigenvalue weighted by atomic mass is 10.0. The van der Waals surface area contributed by atoms with E-state index in [1.165, 1.54) is 43.7 Å². The third-order valence-electron chi connectivity index (χ3n) is 10.5. The fourth-order valence-electron chi connectivity index (χ4n) is 7.92. The molecule has 0 aliphatic carbocycles. The Kier molecular flexibility index (Phi) is 8.16. The summed E-state index contributed by atoms with van der Waals surface area (Å²) in [5.41, 5.74) is 12.6. The summed E-state index contributed by atoms with van der Waals surface area (Å²) in [6, 6.07) is 80.4. The number of hydrogen-bond acceptors (Lipinski definition) is 2. The number of fused-ring (bicyclic) bond motifs is 4. The zero-order valence-electron chi connectivity index (χ0n) is 30.2. The van der Waals surface area contributed by atoms with Crippen LogP contribution in [0.5, 0.6) is 0 Å². The molecule has 3 heteroatoms. The highest BCUT2D eigenvalue weighted by Crippen LogP contribution is 2.40. The normalized spacial score (nSPS) is 11.3. The summed E-state index contributed by atoms with van der Waals surface area (Å²) >= 11 is 0. The minimum absolute atomic E-state index is 1.09. The molecule has 10 aromatic rings. The maximum absolute atomic E-state index is 2.39. The Morgan fingerprint density at radius 2 is 0.655 bits per heavy atom. The second kappa shape index (κ2) is 13.9. The van der Waals surface area contributed by atoms with Crippen molar-refractivity contribution in [2.24, 2.45) is 0 Å². The summed E-state index contributed by atoms with van der Waals surface area (Å²) in [5.74, 6) is 0. The van der Waals surface area contributed by atoms with Crippen LogP contribution in [0.15, 0.2) is 224 Å². The van der Waals surface area contributed by atoms with Crippen LogP contribution in [0.3, 0.4) is 0 Å². The molecule has 3 nitrogen and oxygen atoms in total. The topological polar surface area (TPSA) is 11.4 Å². The van der Waals surface area contributed by atoms with Crippen molar-refractivity contribution in [3.8, 4) is 16.8 Å². The van der Waals surface area contributed by atoms with Gasteiger partial charge in [-0.05, 0) is 125 Å². The SMILES string of the molecule is c1ccc(N(c2ccccc2)c2ccc(N(c3ccccc3)c3ccc(-c4ccc(-n5c6ccccc6c6cc7ccccc7cc65)cc4)cc3)cc2)cc1. The van der Waals surface area contributed by atoms with Crippen LogP contribution in [-0.4, -0.2) is 4.57 Å². The fourth-order valence-corrected chi connectivity index (χ4v) is 7.92. The smallest absolute Gasteiger partial charge is 0.0547 e. The van der Waals surface area contributed by atoms with Gasteiger partial charge in [0, 0.05) is 50.6 Å². The van der Waals surface area contributed by atoms with Crippen molar-refractivity contribution in [1.29, 1.82) is 0 Å². The van der Waals surface area contributed by atoms with Gasteiger partial charge >= 0.3 is 0 Å². The van der Waals surface area contributed by atoms with Gasteiger partial charge < -0.3 is 14.4 Å². The predicted octanol–water partition coefficient (Wildman–Crippen LogP) is 14.5. The average molecular weight is 704 g/mol. The Morgan fingerprint density at radius 1 is 0.273 bits per heavy atom. The molecule has 9 aromatic carbocycles. The number of aromatic nitrogens is 1. The Hall–Kier alpha value is -7.36. The number of para-hydroxylation sites is 4. The minimum atomic E-state index is 1.09. The maximum atomic E-state index is 2.39. The number of rotatable bonds is 8. The van der Waals surface area contributed by atoms with Crippen LogP contribution in [0.2, 0.25) is 0 Å². The molecule has 0 N–H and O–H groups in total. The number of anilines is 6. The van der Waals surface area contributed by atoms with Crippen LogP contribution in [0.1, 0.15) is 0 Å². The van der Waals surface area contributed by atoms with E-state index in [0.29, 0.717) is 0 Å². The van der Waals surface area contributed by atoms with Crippen molar-refractivity contribution in [2.75, 3.05) is 9.80 Å². The van der Waals surface area contributed by atoms with Crippen molar-refractivity contribution in [3.05, 3.63) is 224 Å². The molecule has 0 radical (unpaired) electrons. The van der Waals surface area contributed by atoms with Gasteiger partial charge in [0.2, 0.25) is 0 Å². The van der Waals surface area contributed by atoms with Crippen molar-refractivity contribution in [1.82, 2.24) is 4.57 Å². The first kappa shape index (κ1) is 32.3. The predicted molar refractivity (Wildman–Crippen MR) is 233 cm³/mol. The molecule has 0 saturated heterocycles. The lowest BCUT2D eigenvalue weighted by Crippen LogP contribution is -2.12. The van der Waals surface area contributed by atoms with Crippen molar-refractivity contribution in [3.63, 3.8) is 0 Å². The molecule has 0 aliphatic rings. The van der Waals surface area contributed by atoms with Crippen LogP contribution in [0.25, 0.3) is 49.4 Å². The van der Waals surface area contributed by atoms with Crippen molar-refractivity contribution >= 4 is 66.7 Å². The zero-order valence-corrected chi connectivity index (χ0v) is 30.2. The van der Waals surface area contributed by atoms with E-state index >= 15 is 0 Å². The molecule has 0 fully saturated rings. The molecular weight excluding hydrogens is 667 g/mol. The highest BCUT2D eigenvalue weighted by Gasteiger charge is 2.17. The third kappa shape index (κ3) is 5.98. The quantitative estimate of drug-likeness (QED) is 0.156. The van der Waals surface area contributed by atoms with Crippen LogP contribution < -0.4 is 9.80 Å². The summed E-state index contributed by atoms with van der Waals surface area (Å²) in [6.45, 7) is 0. The first-order valence-electron chi connectivity index (χ1n) is 18.8. The molecule has 1 heterocycles. The van der Waals surface area contributed by atoms with Crippen LogP contribution >= 0.6 is 0 Å². The lowest BCUT2D eigenvalue weighted by Gasteiger charge is -2.28. The Morgan fingerprint density at radius 3 is 1.16 bits per heavy atom. The van der Waals surface area contributed by atoms with Gasteiger partial charge in [0.1, 0.15) is 0 Å². The second-order valence-electron chi connectivity index (χ2n) is 13.9. The Labute approximate surface area is 321 Å². The van der Waals surface area contributed by atoms with E-state index in [4.69, 9.17) is 0 Å². The maximum Gasteiger partial charge on any atom is 0.0547 e. The van der Waals surface area contributed by atoms with Gasteiger partial charge in [-0.1, -0.05) is 121 Å². The van der Waals surface area contributed by atoms with E-state index in [-0.39, 0.29) is 0 Å². The summed E-state index contributed by atoms with van der Waals surface area (Å²) < 4.78 is 2.39. The van der Waals surface area contributed by atoms with Gasteiger partial charge in [-0.2, -0.15) is 0 Å². The van der Waals surface area contributed by atoms with Gasteiger partial charge in [0.25, 0.3) is 0 Å². The van der Waals surface area contributed by atoms with E-state index in [0.717, 1.165) is 39.8 Å². The van der Waals surface area contributed by atoms with Crippen LogP contribution in [0.4, 0.5) is 34.1 Å². The molecule has 0 spiro atoms. The summed E-state index contributed by atoms with van der Waals surface area (Å²) in [5, 5.41) is 5.05. The second-order valence-corrected chi connectivity index (χ2v) is 13.9. The minimum Gasteiger partial charge on any atom is -0.311 e. The molecule has 260 valence electrons. The summed E-state index contributed by atoms with van der Waals surface area (Å²) in [6.07, 6.45) is 0. The van der Waals surface area contributed by atoms with Gasteiger partial charge in [0.05, 0.1) is 11.0 Å². The molecular formula is C52H37N3. The molecule has 0 bridgehead atoms. The number of hydrogen-bond donors (Lipinski definition) is 0. The average Bonchev–Trinajstić information content (AvgIpc) is 3.58. The highest BCUT2D eigenvalue weighted by molar-refractivity contribution is 6.13. The number of nitrogens with zero attached hydrogens (tertiary/aromatic N) is 3. The van der Waals surface area contributed by atoms with E-state index in [1.807, 2.05) is 0 Å². The summed E-state index contributed by atoms with van der Waals surface area (Å²) in [7, 11) is 0. The molecule has 10 rings (SSSR count). The lowest BCUT2D eigenvalue weighted by molar-refractivity contribution is 1.18. The van der Waals surface area contributed by atoms with Gasteiger partial charge in [-0.15, -0.1) is 0 Å². The standard InChI is InChI=1S/C52H37N3/c1-4-16-42(17-5-1)53(43-18-6-2-7-19-43)46-32-34-47(35-33-46)54(44-20-8-3-9-21-44)45-28-24-38(25-29-45)39-26-30-48(31-27-39)55-51-23-13-12-22-49(51)50-36-40-14-10-11-15-41(40)37-52(50)55/h1-37H. The van der Waals surface area contributed by atoms with Crippen molar-refractivity contribution in [2.45, 2.75) is 0 Å². The number of benzene rings is 9. The van der Waals surface area contributed by atoms with E-state index < -0.39 is 0 Å². The Bertz CT molecular complexity index is 2840. The van der Waals surface area contributed by atoms with Gasteiger partial charge in [-0.3, -0.25) is 0 Å². The highest BCUT2D eigenvalue weighted by atomic mass is 15.2. The third-order valence-corrected chi connectivity index (χ3v) is 10.5. The van der Waals surface area contributed by atoms with Crippen LogP contribution in [-0.2, 0) is 0 Å². The van der Waals surface area contributed by atoms with Crippen molar-refractivity contribution < 1.29 is 0 Å². The zero-order chi connectivity index (χ0) is 36.6. The molecule has 0 atom stereocenters. The monoisotopic (exact) mass is 703 g/mol. The first-order valence-corrected chi connectivity index (χ1v) is 18.8. The van der Waals surface area contributed by atoms with E-state index in [2.05, 4.69) is 239 Å². The van der Waals surface area contributed by atoms with Gasteiger partial charge in [0.15, 0.2) is 0 Å². The van der Waals surface area contributed by atoms with Gasteiger partial charge in [-0.25, -0.2) is 0 Å². The molecule has 1 aromatic heterocycles. The molecule has 0 unspecified atom stereocenters. The van der Waals surface area contributed by atoms with Crippen LogP contribution in [0, 0.1) is 0 Å². The summed E-state index contributed by atoms with van der Waals surface area (Å²) in [4.78, 5) is 4.61. The van der Waals surface area contributed by atoms with E-state index in [9.17, 15) is 0 Å². The molecule has 0 saturated carbocycles. The molecule has 0 aliphatic heterocycles. The molecule has 0 amide bonds. The molecule has 55 heavy (non-hydrogen) atoms. The Balaban J connectivity index is 0.979. The van der Waals surface area contributed by atoms with E-state index in [1.54, 1.807) is 0 Å². The fraction of sp³-hybridized carbons (Fsp3) is 0. The largest absolute Gasteiger partial charge is 0.311 e.